The average molecular weight is 485 g/mol. The Kier molecular flexibility index (Phi) is 6.34. The number of nitrogens with one attached hydrogen (secondary N) is 1. The maximum Gasteiger partial charge on any atom is 0.149 e. The predicted molar refractivity (Wildman–Crippen MR) is 131 cm³/mol. The van der Waals surface area contributed by atoms with Crippen LogP contribution in [0.5, 0.6) is 0 Å². The summed E-state index contributed by atoms with van der Waals surface area (Å²) in [6.45, 7) is 1.64. The van der Waals surface area contributed by atoms with E-state index in [9.17, 15) is 14.6 Å². The van der Waals surface area contributed by atoms with Crippen LogP contribution in [0, 0.1) is 11.3 Å². The monoisotopic (exact) mass is 484 g/mol. The first-order valence-corrected chi connectivity index (χ1v) is 13.5. The Morgan fingerprint density at radius 1 is 1.24 bits per heavy atom. The summed E-state index contributed by atoms with van der Waals surface area (Å²) in [5.41, 5.74) is 2.81. The van der Waals surface area contributed by atoms with E-state index < -0.39 is 16.3 Å². The number of aryl methyl sites for hydroxylation is 1. The summed E-state index contributed by atoms with van der Waals surface area (Å²) in [5, 5.41) is 24.5. The van der Waals surface area contributed by atoms with Crippen LogP contribution in [0.15, 0.2) is 29.2 Å². The van der Waals surface area contributed by atoms with E-state index >= 15 is 0 Å². The standard InChI is InChI=1S/C25H29ClN4O2S/c26-19-6-4-18(5-7-19)17-3-1-12-30(13-8-17)24-20(15-27)22(29-25(16-31)10-2-11-25)23-21(28-24)9-14-33(23)32/h4-7,17,31H,1-3,8-14,16H2,(H,28,29)/t17?,33-/m1/s1. The second-order valence-corrected chi connectivity index (χ2v) is 11.4. The van der Waals surface area contributed by atoms with Crippen LogP contribution in [0.2, 0.25) is 5.02 Å². The Morgan fingerprint density at radius 2 is 2.03 bits per heavy atom. The SMILES string of the molecule is N#Cc1c(N2CCCC(c3ccc(Cl)cc3)CC2)nc2c(c1NC1(CO)CCC1)[S@](=O)CC2. The van der Waals surface area contributed by atoms with Crippen LogP contribution in [0.3, 0.4) is 0 Å². The molecule has 0 amide bonds. The lowest BCUT2D eigenvalue weighted by molar-refractivity contribution is 0.144. The van der Waals surface area contributed by atoms with Gasteiger partial charge in [0.05, 0.1) is 39.2 Å². The number of hydrogen-bond donors (Lipinski definition) is 2. The third-order valence-electron chi connectivity index (χ3n) is 7.44. The lowest BCUT2D eigenvalue weighted by Gasteiger charge is -2.42. The normalized spacial score (nSPS) is 23.8. The average Bonchev–Trinajstić information content (AvgIpc) is 3.01. The van der Waals surface area contributed by atoms with Gasteiger partial charge in [0.15, 0.2) is 0 Å². The Morgan fingerprint density at radius 3 is 2.70 bits per heavy atom. The van der Waals surface area contributed by atoms with Crippen LogP contribution >= 0.6 is 11.6 Å². The van der Waals surface area contributed by atoms with Gasteiger partial charge in [-0.3, -0.25) is 4.21 Å². The minimum atomic E-state index is -1.17. The van der Waals surface area contributed by atoms with Gasteiger partial charge in [-0.25, -0.2) is 4.98 Å². The molecule has 1 aromatic heterocycles. The number of nitriles is 1. The maximum atomic E-state index is 12.8. The lowest BCUT2D eigenvalue weighted by Crippen LogP contribution is -2.48. The Balaban J connectivity index is 1.48. The molecule has 2 aromatic rings. The van der Waals surface area contributed by atoms with Crippen LogP contribution in [0.25, 0.3) is 0 Å². The molecule has 0 spiro atoms. The van der Waals surface area contributed by atoms with Crippen LogP contribution in [0.1, 0.15) is 61.3 Å². The number of pyridine rings is 1. The van der Waals surface area contributed by atoms with Crippen LogP contribution in [0.4, 0.5) is 11.5 Å². The highest BCUT2D eigenvalue weighted by molar-refractivity contribution is 7.85. The highest BCUT2D eigenvalue weighted by atomic mass is 35.5. The molecule has 2 N–H and O–H groups in total. The van der Waals surface area contributed by atoms with E-state index in [-0.39, 0.29) is 6.61 Å². The summed E-state index contributed by atoms with van der Waals surface area (Å²) < 4.78 is 12.8. The summed E-state index contributed by atoms with van der Waals surface area (Å²) in [6.07, 6.45) is 6.44. The first-order chi connectivity index (χ1) is 16.0. The molecular weight excluding hydrogens is 456 g/mol. The second-order valence-electron chi connectivity index (χ2n) is 9.46. The van der Waals surface area contributed by atoms with E-state index in [1.54, 1.807) is 0 Å². The van der Waals surface area contributed by atoms with Gasteiger partial charge < -0.3 is 15.3 Å². The third-order valence-corrected chi connectivity index (χ3v) is 9.16. The van der Waals surface area contributed by atoms with Gasteiger partial charge in [0, 0.05) is 30.3 Å². The van der Waals surface area contributed by atoms with Gasteiger partial charge in [-0.2, -0.15) is 5.26 Å². The van der Waals surface area contributed by atoms with E-state index in [0.29, 0.717) is 40.1 Å². The van der Waals surface area contributed by atoms with Crippen molar-refractivity contribution in [2.24, 2.45) is 0 Å². The topological polar surface area (TPSA) is 89.2 Å². The molecule has 8 heteroatoms. The molecule has 2 aliphatic heterocycles. The molecule has 1 aliphatic carbocycles. The van der Waals surface area contributed by atoms with Gasteiger partial charge in [0.25, 0.3) is 0 Å². The van der Waals surface area contributed by atoms with E-state index in [1.165, 1.54) is 5.56 Å². The summed E-state index contributed by atoms with van der Waals surface area (Å²) in [6, 6.07) is 10.5. The van der Waals surface area contributed by atoms with Gasteiger partial charge in [-0.15, -0.1) is 0 Å². The first kappa shape index (κ1) is 22.6. The number of nitrogens with zero attached hydrogens (tertiary/aromatic N) is 3. The number of halogens is 1. The summed E-state index contributed by atoms with van der Waals surface area (Å²) in [7, 11) is -1.17. The zero-order valence-corrected chi connectivity index (χ0v) is 20.2. The largest absolute Gasteiger partial charge is 0.394 e. The Bertz CT molecular complexity index is 1110. The number of aliphatic hydroxyl groups excluding tert-OH is 1. The fourth-order valence-electron chi connectivity index (χ4n) is 5.33. The summed E-state index contributed by atoms with van der Waals surface area (Å²) >= 11 is 6.07. The smallest absolute Gasteiger partial charge is 0.149 e. The number of hydrogen-bond acceptors (Lipinski definition) is 6. The number of rotatable bonds is 5. The number of anilines is 2. The number of fused-ring (bicyclic) bond motifs is 1. The molecule has 1 saturated heterocycles. The lowest BCUT2D eigenvalue weighted by atomic mass is 9.77. The van der Waals surface area contributed by atoms with E-state index in [0.717, 1.165) is 62.3 Å². The molecule has 33 heavy (non-hydrogen) atoms. The van der Waals surface area contributed by atoms with E-state index in [2.05, 4.69) is 28.4 Å². The summed E-state index contributed by atoms with van der Waals surface area (Å²) in [4.78, 5) is 7.80. The van der Waals surface area contributed by atoms with Crippen LogP contribution in [-0.2, 0) is 17.2 Å². The highest BCUT2D eigenvalue weighted by Gasteiger charge is 2.40. The molecule has 3 aliphatic rings. The Labute approximate surface area is 202 Å². The zero-order valence-electron chi connectivity index (χ0n) is 18.6. The molecule has 1 saturated carbocycles. The van der Waals surface area contributed by atoms with Crippen LogP contribution in [-0.4, -0.2) is 45.3 Å². The molecule has 1 aromatic carbocycles. The molecule has 3 heterocycles. The molecule has 174 valence electrons. The molecule has 6 nitrogen and oxygen atoms in total. The van der Waals surface area contributed by atoms with E-state index in [1.807, 2.05) is 12.1 Å². The number of benzene rings is 1. The quantitative estimate of drug-likeness (QED) is 0.655. The molecular formula is C25H29ClN4O2S. The van der Waals surface area contributed by atoms with Crippen molar-refractivity contribution >= 4 is 33.9 Å². The predicted octanol–water partition coefficient (Wildman–Crippen LogP) is 4.37. The minimum absolute atomic E-state index is 0.00339. The fraction of sp³-hybridized carbons (Fsp3) is 0.520. The molecule has 0 radical (unpaired) electrons. The van der Waals surface area contributed by atoms with Crippen molar-refractivity contribution in [3.05, 3.63) is 46.1 Å². The van der Waals surface area contributed by atoms with Crippen molar-refractivity contribution in [2.45, 2.75) is 61.3 Å². The van der Waals surface area contributed by atoms with Gasteiger partial charge in [0.1, 0.15) is 17.5 Å². The molecule has 2 atom stereocenters. The number of aromatic nitrogens is 1. The molecule has 2 fully saturated rings. The summed E-state index contributed by atoms with van der Waals surface area (Å²) in [5.74, 6) is 1.68. The zero-order chi connectivity index (χ0) is 23.0. The second kappa shape index (κ2) is 9.25. The van der Waals surface area contributed by atoms with Crippen molar-refractivity contribution < 1.29 is 9.32 Å². The van der Waals surface area contributed by atoms with E-state index in [4.69, 9.17) is 16.6 Å². The number of aliphatic hydroxyl groups is 1. The molecule has 5 rings (SSSR count). The molecule has 0 bridgehead atoms. The van der Waals surface area contributed by atoms with Crippen molar-refractivity contribution in [2.75, 3.05) is 35.7 Å². The van der Waals surface area contributed by atoms with Crippen molar-refractivity contribution in [1.29, 1.82) is 5.26 Å². The fourth-order valence-corrected chi connectivity index (χ4v) is 6.83. The van der Waals surface area contributed by atoms with Gasteiger partial charge in [-0.05, 0) is 62.1 Å². The van der Waals surface area contributed by atoms with Crippen LogP contribution < -0.4 is 10.2 Å². The maximum absolute atomic E-state index is 12.8. The van der Waals surface area contributed by atoms with Gasteiger partial charge >= 0.3 is 0 Å². The van der Waals surface area contributed by atoms with Crippen molar-refractivity contribution in [3.8, 4) is 6.07 Å². The highest BCUT2D eigenvalue weighted by Crippen LogP contribution is 2.43. The first-order valence-electron chi connectivity index (χ1n) is 11.8. The third kappa shape index (κ3) is 4.25. The van der Waals surface area contributed by atoms with Crippen molar-refractivity contribution in [1.82, 2.24) is 4.98 Å². The minimum Gasteiger partial charge on any atom is -0.394 e. The Hall–Kier alpha value is -2.14. The van der Waals surface area contributed by atoms with Crippen molar-refractivity contribution in [3.63, 3.8) is 0 Å². The van der Waals surface area contributed by atoms with Gasteiger partial charge in [0.2, 0.25) is 0 Å². The van der Waals surface area contributed by atoms with Gasteiger partial charge in [-0.1, -0.05) is 23.7 Å². The molecule has 1 unspecified atom stereocenters.